The van der Waals surface area contributed by atoms with Gasteiger partial charge < -0.3 is 10.1 Å². The summed E-state index contributed by atoms with van der Waals surface area (Å²) in [6.07, 6.45) is 6.83. The Labute approximate surface area is 115 Å². The molecule has 0 spiro atoms. The van der Waals surface area contributed by atoms with Crippen LogP contribution >= 0.6 is 28.3 Å². The molecule has 2 heterocycles. The van der Waals surface area contributed by atoms with Crippen LogP contribution < -0.4 is 5.73 Å². The highest BCUT2D eigenvalue weighted by molar-refractivity contribution is 9.10. The van der Waals surface area contributed by atoms with Gasteiger partial charge in [-0.1, -0.05) is 0 Å². The third-order valence-corrected chi connectivity index (χ3v) is 3.64. The molecule has 1 fully saturated rings. The van der Waals surface area contributed by atoms with Gasteiger partial charge in [-0.15, -0.1) is 12.4 Å². The number of halogens is 2. The molecule has 17 heavy (non-hydrogen) atoms. The van der Waals surface area contributed by atoms with Crippen LogP contribution in [0.5, 0.6) is 0 Å². The minimum Gasteiger partial charge on any atom is -0.323 e. The number of imidazole rings is 1. The van der Waals surface area contributed by atoms with Crippen LogP contribution in [0, 0.1) is 0 Å². The van der Waals surface area contributed by atoms with Crippen LogP contribution in [0.1, 0.15) is 43.0 Å². The summed E-state index contributed by atoms with van der Waals surface area (Å²) in [7, 11) is 0. The van der Waals surface area contributed by atoms with Crippen LogP contribution in [0.25, 0.3) is 5.65 Å². The van der Waals surface area contributed by atoms with Gasteiger partial charge in [-0.25, -0.2) is 4.98 Å². The molecule has 1 atom stereocenters. The molecule has 1 aliphatic carbocycles. The predicted molar refractivity (Wildman–Crippen MR) is 74.7 cm³/mol. The van der Waals surface area contributed by atoms with E-state index in [9.17, 15) is 0 Å². The molecule has 0 aromatic carbocycles. The van der Waals surface area contributed by atoms with E-state index in [1.54, 1.807) is 0 Å². The summed E-state index contributed by atoms with van der Waals surface area (Å²) in [5.74, 6) is 0.752. The van der Waals surface area contributed by atoms with Crippen LogP contribution in [0.4, 0.5) is 0 Å². The Morgan fingerprint density at radius 1 is 1.47 bits per heavy atom. The molecule has 1 saturated carbocycles. The smallest absolute Gasteiger partial charge is 0.151 e. The molecule has 3 rings (SSSR count). The topological polar surface area (TPSA) is 43.3 Å². The van der Waals surface area contributed by atoms with Crippen LogP contribution in [-0.4, -0.2) is 9.38 Å². The van der Waals surface area contributed by atoms with Crippen molar-refractivity contribution in [3.05, 3.63) is 34.2 Å². The summed E-state index contributed by atoms with van der Waals surface area (Å²) < 4.78 is 3.14. The van der Waals surface area contributed by atoms with Crippen LogP contribution in [0.3, 0.4) is 0 Å². The predicted octanol–water partition coefficient (Wildman–Crippen LogP) is 3.42. The highest BCUT2D eigenvalue weighted by atomic mass is 79.9. The summed E-state index contributed by atoms with van der Waals surface area (Å²) in [5.41, 5.74) is 9.14. The molecule has 0 amide bonds. The molecular weight excluding hydrogens is 302 g/mol. The lowest BCUT2D eigenvalue weighted by atomic mass is 10.2. The normalized spacial score (nSPS) is 16.9. The first-order valence-electron chi connectivity index (χ1n) is 5.59. The zero-order valence-corrected chi connectivity index (χ0v) is 12.0. The average Bonchev–Trinajstić information content (AvgIpc) is 2.97. The van der Waals surface area contributed by atoms with E-state index >= 15 is 0 Å². The van der Waals surface area contributed by atoms with Gasteiger partial charge in [0.25, 0.3) is 0 Å². The minimum atomic E-state index is -0.0174. The molecule has 0 aliphatic heterocycles. The molecular formula is C12H15BrClN3. The Kier molecular flexibility index (Phi) is 3.48. The molecule has 3 nitrogen and oxygen atoms in total. The van der Waals surface area contributed by atoms with Crippen LogP contribution in [0.2, 0.25) is 0 Å². The van der Waals surface area contributed by atoms with Crippen LogP contribution in [-0.2, 0) is 0 Å². The first-order chi connectivity index (χ1) is 7.65. The van der Waals surface area contributed by atoms with E-state index in [1.807, 2.05) is 13.1 Å². The third-order valence-electron chi connectivity index (χ3n) is 3.06. The highest BCUT2D eigenvalue weighted by Gasteiger charge is 2.24. The van der Waals surface area contributed by atoms with E-state index in [1.165, 1.54) is 18.4 Å². The van der Waals surface area contributed by atoms with Gasteiger partial charge in [0.1, 0.15) is 0 Å². The zero-order valence-electron chi connectivity index (χ0n) is 9.56. The maximum absolute atomic E-state index is 5.85. The number of hydrogen-bond donors (Lipinski definition) is 1. The van der Waals surface area contributed by atoms with Gasteiger partial charge in [-0.3, -0.25) is 0 Å². The minimum absolute atomic E-state index is 0. The van der Waals surface area contributed by atoms with Gasteiger partial charge in [-0.05, 0) is 53.2 Å². The SMILES string of the molecule is CC(N)c1cn2cc(C3CC3)cc(Br)c2n1.Cl. The van der Waals surface area contributed by atoms with Gasteiger partial charge in [0.15, 0.2) is 5.65 Å². The Morgan fingerprint density at radius 3 is 2.76 bits per heavy atom. The van der Waals surface area contributed by atoms with Crippen molar-refractivity contribution in [2.75, 3.05) is 0 Å². The van der Waals surface area contributed by atoms with Gasteiger partial charge in [0.05, 0.1) is 10.2 Å². The van der Waals surface area contributed by atoms with Gasteiger partial charge >= 0.3 is 0 Å². The fraction of sp³-hybridized carbons (Fsp3) is 0.417. The Hall–Kier alpha value is -0.580. The largest absolute Gasteiger partial charge is 0.323 e. The second-order valence-corrected chi connectivity index (χ2v) is 5.44. The lowest BCUT2D eigenvalue weighted by Gasteiger charge is -2.01. The number of pyridine rings is 1. The number of hydrogen-bond acceptors (Lipinski definition) is 2. The summed E-state index contributed by atoms with van der Waals surface area (Å²) >= 11 is 3.58. The van der Waals surface area contributed by atoms with Crippen molar-refractivity contribution >= 4 is 34.0 Å². The fourth-order valence-electron chi connectivity index (χ4n) is 1.96. The summed E-state index contributed by atoms with van der Waals surface area (Å²) in [6, 6.07) is 2.17. The van der Waals surface area contributed by atoms with Crippen molar-refractivity contribution in [1.29, 1.82) is 0 Å². The van der Waals surface area contributed by atoms with E-state index < -0.39 is 0 Å². The molecule has 0 bridgehead atoms. The molecule has 1 aliphatic rings. The van der Waals surface area contributed by atoms with E-state index in [2.05, 4.69) is 37.6 Å². The van der Waals surface area contributed by atoms with Gasteiger partial charge in [-0.2, -0.15) is 0 Å². The molecule has 0 saturated heterocycles. The highest BCUT2D eigenvalue weighted by Crippen LogP contribution is 2.41. The van der Waals surface area contributed by atoms with Gasteiger partial charge in [0.2, 0.25) is 0 Å². The zero-order chi connectivity index (χ0) is 11.3. The Bertz CT molecular complexity index is 546. The van der Waals surface area contributed by atoms with Crippen molar-refractivity contribution in [1.82, 2.24) is 9.38 Å². The standard InChI is InChI=1S/C12H14BrN3.ClH/c1-7(14)11-6-16-5-9(8-2-3-8)4-10(13)12(16)15-11;/h4-8H,2-3,14H2,1H3;1H. The molecule has 2 aromatic rings. The fourth-order valence-corrected chi connectivity index (χ4v) is 2.51. The van der Waals surface area contributed by atoms with Crippen molar-refractivity contribution in [3.63, 3.8) is 0 Å². The maximum atomic E-state index is 5.85. The van der Waals surface area contributed by atoms with E-state index in [-0.39, 0.29) is 18.4 Å². The Balaban J connectivity index is 0.00000108. The van der Waals surface area contributed by atoms with E-state index in [4.69, 9.17) is 5.73 Å². The molecule has 2 aromatic heterocycles. The number of nitrogens with two attached hydrogens (primary N) is 1. The summed E-state index contributed by atoms with van der Waals surface area (Å²) in [5, 5.41) is 0. The number of nitrogens with zero attached hydrogens (tertiary/aromatic N) is 2. The van der Waals surface area contributed by atoms with Crippen molar-refractivity contribution in [2.45, 2.75) is 31.7 Å². The second-order valence-electron chi connectivity index (χ2n) is 4.58. The quantitative estimate of drug-likeness (QED) is 0.922. The van der Waals surface area contributed by atoms with Crippen molar-refractivity contribution in [2.24, 2.45) is 5.73 Å². The first kappa shape index (κ1) is 12.9. The maximum Gasteiger partial charge on any atom is 0.151 e. The monoisotopic (exact) mass is 315 g/mol. The summed E-state index contributed by atoms with van der Waals surface area (Å²) in [4.78, 5) is 4.52. The average molecular weight is 317 g/mol. The molecule has 1 unspecified atom stereocenters. The second kappa shape index (κ2) is 4.59. The third kappa shape index (κ3) is 2.34. The van der Waals surface area contributed by atoms with E-state index in [0.717, 1.165) is 21.7 Å². The molecule has 92 valence electrons. The number of aromatic nitrogens is 2. The number of fused-ring (bicyclic) bond motifs is 1. The van der Waals surface area contributed by atoms with Crippen molar-refractivity contribution in [3.8, 4) is 0 Å². The molecule has 2 N–H and O–H groups in total. The Morgan fingerprint density at radius 2 is 2.18 bits per heavy atom. The lowest BCUT2D eigenvalue weighted by Crippen LogP contribution is -2.04. The van der Waals surface area contributed by atoms with E-state index in [0.29, 0.717) is 0 Å². The number of rotatable bonds is 2. The first-order valence-corrected chi connectivity index (χ1v) is 6.38. The van der Waals surface area contributed by atoms with Crippen LogP contribution in [0.15, 0.2) is 22.9 Å². The van der Waals surface area contributed by atoms with Gasteiger partial charge in [0, 0.05) is 18.4 Å². The van der Waals surface area contributed by atoms with Crippen molar-refractivity contribution < 1.29 is 0 Å². The molecule has 0 radical (unpaired) electrons. The lowest BCUT2D eigenvalue weighted by molar-refractivity contribution is 0.790. The molecule has 5 heteroatoms. The summed E-state index contributed by atoms with van der Waals surface area (Å²) in [6.45, 7) is 1.96.